The van der Waals surface area contributed by atoms with E-state index in [-0.39, 0.29) is 10.9 Å². The maximum absolute atomic E-state index is 12.6. The van der Waals surface area contributed by atoms with E-state index < -0.39 is 10.0 Å². The highest BCUT2D eigenvalue weighted by Gasteiger charge is 2.31. The van der Waals surface area contributed by atoms with Crippen LogP contribution in [0.1, 0.15) is 37.3 Å². The zero-order valence-electron chi connectivity index (χ0n) is 15.8. The molecule has 1 unspecified atom stereocenters. The Morgan fingerprint density at radius 3 is 2.11 bits per heavy atom. The predicted octanol–water partition coefficient (Wildman–Crippen LogP) is 4.48. The average Bonchev–Trinajstić information content (AvgIpc) is 2.64. The van der Waals surface area contributed by atoms with Crippen molar-refractivity contribution in [3.05, 3.63) is 65.2 Å². The van der Waals surface area contributed by atoms with Crippen LogP contribution in [-0.2, 0) is 10.0 Å². The second kappa shape index (κ2) is 8.74. The van der Waals surface area contributed by atoms with Gasteiger partial charge in [0, 0.05) is 17.1 Å². The van der Waals surface area contributed by atoms with Crippen molar-refractivity contribution in [2.24, 2.45) is 5.92 Å². The molecule has 4 nitrogen and oxygen atoms in total. The Hall–Kier alpha value is -1.40. The monoisotopic (exact) mass is 406 g/mol. The Morgan fingerprint density at radius 1 is 0.963 bits per heavy atom. The Bertz CT molecular complexity index is 830. The standard InChI is InChI=1S/C21H27ClN2O2S/c1-24(2)21(16-6-4-3-5-7-16)17-8-12-19(13-9-17)23-27(25,26)20-14-10-18(22)11-15-20/h3-7,10-11,14-15,17,19,21,23H,8-9,12-13H2,1-2H3. The molecule has 0 spiro atoms. The molecular formula is C21H27ClN2O2S. The number of rotatable bonds is 6. The Balaban J connectivity index is 1.63. The molecule has 0 amide bonds. The quantitative estimate of drug-likeness (QED) is 0.769. The van der Waals surface area contributed by atoms with Crippen molar-refractivity contribution < 1.29 is 8.42 Å². The van der Waals surface area contributed by atoms with E-state index >= 15 is 0 Å². The molecule has 1 aliphatic rings. The predicted molar refractivity (Wildman–Crippen MR) is 110 cm³/mol. The largest absolute Gasteiger partial charge is 0.302 e. The fraction of sp³-hybridized carbons (Fsp3) is 0.429. The molecule has 3 rings (SSSR count). The second-order valence-electron chi connectivity index (χ2n) is 7.51. The van der Waals surface area contributed by atoms with Crippen LogP contribution >= 0.6 is 11.6 Å². The summed E-state index contributed by atoms with van der Waals surface area (Å²) >= 11 is 5.86. The zero-order valence-corrected chi connectivity index (χ0v) is 17.4. The van der Waals surface area contributed by atoms with Crippen molar-refractivity contribution in [3.8, 4) is 0 Å². The van der Waals surface area contributed by atoms with E-state index in [9.17, 15) is 8.42 Å². The minimum atomic E-state index is -3.50. The summed E-state index contributed by atoms with van der Waals surface area (Å²) in [6.07, 6.45) is 3.72. The Morgan fingerprint density at radius 2 is 1.56 bits per heavy atom. The van der Waals surface area contributed by atoms with Crippen molar-refractivity contribution in [2.75, 3.05) is 14.1 Å². The molecule has 1 fully saturated rings. The Kier molecular flexibility index (Phi) is 6.58. The summed E-state index contributed by atoms with van der Waals surface area (Å²) in [5.41, 5.74) is 1.33. The molecule has 2 aromatic rings. The van der Waals surface area contributed by atoms with Gasteiger partial charge < -0.3 is 4.90 Å². The molecule has 6 heteroatoms. The molecule has 0 aliphatic heterocycles. The molecule has 146 valence electrons. The number of nitrogens with one attached hydrogen (secondary N) is 1. The van der Waals surface area contributed by atoms with Crippen LogP contribution in [0.25, 0.3) is 0 Å². The van der Waals surface area contributed by atoms with Crippen LogP contribution in [0.5, 0.6) is 0 Å². The highest BCUT2D eigenvalue weighted by Crippen LogP contribution is 2.37. The van der Waals surface area contributed by atoms with Crippen LogP contribution in [-0.4, -0.2) is 33.5 Å². The lowest BCUT2D eigenvalue weighted by Gasteiger charge is -2.37. The molecule has 1 N–H and O–H groups in total. The Labute approximate surface area is 167 Å². The molecule has 2 aromatic carbocycles. The van der Waals surface area contributed by atoms with Crippen LogP contribution in [0.2, 0.25) is 5.02 Å². The van der Waals surface area contributed by atoms with Crippen molar-refractivity contribution in [1.82, 2.24) is 9.62 Å². The van der Waals surface area contributed by atoms with Crippen LogP contribution in [0.3, 0.4) is 0 Å². The summed E-state index contributed by atoms with van der Waals surface area (Å²) in [6.45, 7) is 0. The van der Waals surface area contributed by atoms with Crippen LogP contribution < -0.4 is 4.72 Å². The molecule has 0 aromatic heterocycles. The minimum absolute atomic E-state index is 0.0134. The fourth-order valence-electron chi connectivity index (χ4n) is 4.10. The molecule has 1 saturated carbocycles. The molecule has 0 heterocycles. The smallest absolute Gasteiger partial charge is 0.240 e. The molecule has 1 aliphatic carbocycles. The maximum Gasteiger partial charge on any atom is 0.240 e. The first kappa shape index (κ1) is 20.3. The summed E-state index contributed by atoms with van der Waals surface area (Å²) in [5, 5.41) is 0.532. The van der Waals surface area contributed by atoms with E-state index in [1.54, 1.807) is 24.3 Å². The third-order valence-electron chi connectivity index (χ3n) is 5.36. The van der Waals surface area contributed by atoms with E-state index in [4.69, 9.17) is 11.6 Å². The van der Waals surface area contributed by atoms with Gasteiger partial charge in [0.1, 0.15) is 0 Å². The second-order valence-corrected chi connectivity index (χ2v) is 9.66. The van der Waals surface area contributed by atoms with E-state index in [0.29, 0.717) is 17.0 Å². The normalized spacial score (nSPS) is 21.9. The maximum atomic E-state index is 12.6. The van der Waals surface area contributed by atoms with Gasteiger partial charge in [0.25, 0.3) is 0 Å². The van der Waals surface area contributed by atoms with E-state index in [0.717, 1.165) is 25.7 Å². The van der Waals surface area contributed by atoms with E-state index in [1.807, 2.05) is 6.07 Å². The van der Waals surface area contributed by atoms with Crippen molar-refractivity contribution in [1.29, 1.82) is 0 Å². The number of hydrogen-bond acceptors (Lipinski definition) is 3. The lowest BCUT2D eigenvalue weighted by atomic mass is 9.79. The van der Waals surface area contributed by atoms with Crippen molar-refractivity contribution in [3.63, 3.8) is 0 Å². The molecule has 0 bridgehead atoms. The third kappa shape index (κ3) is 5.11. The first-order chi connectivity index (χ1) is 12.9. The highest BCUT2D eigenvalue weighted by molar-refractivity contribution is 7.89. The van der Waals surface area contributed by atoms with Gasteiger partial charge in [-0.25, -0.2) is 13.1 Å². The van der Waals surface area contributed by atoms with Gasteiger partial charge >= 0.3 is 0 Å². The third-order valence-corrected chi connectivity index (χ3v) is 7.15. The van der Waals surface area contributed by atoms with Crippen LogP contribution in [0.15, 0.2) is 59.5 Å². The lowest BCUT2D eigenvalue weighted by Crippen LogP contribution is -2.39. The molecular weight excluding hydrogens is 380 g/mol. The van der Waals surface area contributed by atoms with Gasteiger partial charge in [-0.15, -0.1) is 0 Å². The van der Waals surface area contributed by atoms with Gasteiger partial charge in [-0.05, 0) is 75.5 Å². The number of benzene rings is 2. The summed E-state index contributed by atoms with van der Waals surface area (Å²) in [6, 6.07) is 17.2. The first-order valence-electron chi connectivity index (χ1n) is 9.36. The average molecular weight is 407 g/mol. The lowest BCUT2D eigenvalue weighted by molar-refractivity contribution is 0.161. The number of halogens is 1. The summed E-state index contributed by atoms with van der Waals surface area (Å²) < 4.78 is 28.1. The fourth-order valence-corrected chi connectivity index (χ4v) is 5.53. The van der Waals surface area contributed by atoms with E-state index in [1.165, 1.54) is 5.56 Å². The van der Waals surface area contributed by atoms with Gasteiger partial charge in [0.2, 0.25) is 10.0 Å². The van der Waals surface area contributed by atoms with Crippen LogP contribution in [0.4, 0.5) is 0 Å². The van der Waals surface area contributed by atoms with E-state index in [2.05, 4.69) is 48.0 Å². The molecule has 1 atom stereocenters. The number of sulfonamides is 1. The van der Waals surface area contributed by atoms with Gasteiger partial charge in [-0.2, -0.15) is 0 Å². The number of nitrogens with zero attached hydrogens (tertiary/aromatic N) is 1. The SMILES string of the molecule is CN(C)C(c1ccccc1)C1CCC(NS(=O)(=O)c2ccc(Cl)cc2)CC1. The van der Waals surface area contributed by atoms with Gasteiger partial charge in [0.15, 0.2) is 0 Å². The topological polar surface area (TPSA) is 49.4 Å². The highest BCUT2D eigenvalue weighted by atomic mass is 35.5. The van der Waals surface area contributed by atoms with Gasteiger partial charge in [-0.3, -0.25) is 0 Å². The van der Waals surface area contributed by atoms with Crippen LogP contribution in [0, 0.1) is 5.92 Å². The zero-order chi connectivity index (χ0) is 19.4. The molecule has 0 radical (unpaired) electrons. The first-order valence-corrected chi connectivity index (χ1v) is 11.2. The van der Waals surface area contributed by atoms with Crippen molar-refractivity contribution >= 4 is 21.6 Å². The van der Waals surface area contributed by atoms with Gasteiger partial charge in [-0.1, -0.05) is 41.9 Å². The summed E-state index contributed by atoms with van der Waals surface area (Å²) in [5.74, 6) is 0.527. The summed E-state index contributed by atoms with van der Waals surface area (Å²) in [4.78, 5) is 2.54. The van der Waals surface area contributed by atoms with Gasteiger partial charge in [0.05, 0.1) is 4.90 Å². The number of hydrogen-bond donors (Lipinski definition) is 1. The van der Waals surface area contributed by atoms with Crippen molar-refractivity contribution in [2.45, 2.75) is 42.7 Å². The molecule has 0 saturated heterocycles. The summed E-state index contributed by atoms with van der Waals surface area (Å²) in [7, 11) is 0.734. The minimum Gasteiger partial charge on any atom is -0.302 e. The molecule has 27 heavy (non-hydrogen) atoms.